The molecule has 3 nitrogen and oxygen atoms in total. The summed E-state index contributed by atoms with van der Waals surface area (Å²) in [4.78, 5) is 11.3. The number of amides is 1. The number of halogens is 3. The molecule has 6 heteroatoms. The van der Waals surface area contributed by atoms with Crippen LogP contribution in [0.3, 0.4) is 0 Å². The number of carbonyl (C=O) groups excluding carboxylic acids is 1. The molecule has 1 aromatic carbocycles. The van der Waals surface area contributed by atoms with Gasteiger partial charge in [-0.1, -0.05) is 12.1 Å². The van der Waals surface area contributed by atoms with Crippen LogP contribution in [0.4, 0.5) is 13.2 Å². The molecule has 1 N–H and O–H groups in total. The Morgan fingerprint density at radius 2 is 1.89 bits per heavy atom. The van der Waals surface area contributed by atoms with E-state index in [4.69, 9.17) is 0 Å². The SMILES string of the molecule is O=C(/C=C/c1ccc(OC(F)(F)F)cc1)NC1CC1. The molecule has 0 bridgehead atoms. The summed E-state index contributed by atoms with van der Waals surface area (Å²) in [5, 5.41) is 2.77. The van der Waals surface area contributed by atoms with Crippen LogP contribution in [-0.2, 0) is 4.79 Å². The Kier molecular flexibility index (Phi) is 3.78. The normalized spacial score (nSPS) is 15.5. The third kappa shape index (κ3) is 5.03. The summed E-state index contributed by atoms with van der Waals surface area (Å²) in [6.07, 6.45) is 0.209. The molecule has 1 aliphatic carbocycles. The van der Waals surface area contributed by atoms with Crippen LogP contribution in [0, 0.1) is 0 Å². The summed E-state index contributed by atoms with van der Waals surface area (Å²) >= 11 is 0. The second-order valence-corrected chi connectivity index (χ2v) is 4.23. The van der Waals surface area contributed by atoms with Crippen molar-refractivity contribution in [2.24, 2.45) is 0 Å². The van der Waals surface area contributed by atoms with E-state index in [-0.39, 0.29) is 17.7 Å². The molecule has 0 aliphatic heterocycles. The van der Waals surface area contributed by atoms with E-state index in [9.17, 15) is 18.0 Å². The lowest BCUT2D eigenvalue weighted by Crippen LogP contribution is -2.22. The van der Waals surface area contributed by atoms with Gasteiger partial charge in [0.25, 0.3) is 0 Å². The number of benzene rings is 1. The lowest BCUT2D eigenvalue weighted by Gasteiger charge is -2.08. The molecule has 0 spiro atoms. The van der Waals surface area contributed by atoms with Gasteiger partial charge in [-0.05, 0) is 36.6 Å². The zero-order valence-electron chi connectivity index (χ0n) is 9.91. The highest BCUT2D eigenvalue weighted by molar-refractivity contribution is 5.92. The van der Waals surface area contributed by atoms with Crippen LogP contribution in [0.25, 0.3) is 6.08 Å². The molecule has 0 aromatic heterocycles. The summed E-state index contributed by atoms with van der Waals surface area (Å²) in [6, 6.07) is 5.57. The summed E-state index contributed by atoms with van der Waals surface area (Å²) in [7, 11) is 0. The molecule has 0 unspecified atom stereocenters. The zero-order valence-corrected chi connectivity index (χ0v) is 9.91. The highest BCUT2D eigenvalue weighted by atomic mass is 19.4. The van der Waals surface area contributed by atoms with Crippen molar-refractivity contribution in [1.82, 2.24) is 5.32 Å². The number of hydrogen-bond donors (Lipinski definition) is 1. The number of hydrogen-bond acceptors (Lipinski definition) is 2. The average molecular weight is 271 g/mol. The van der Waals surface area contributed by atoms with Crippen molar-refractivity contribution in [1.29, 1.82) is 0 Å². The van der Waals surface area contributed by atoms with E-state index in [2.05, 4.69) is 10.1 Å². The van der Waals surface area contributed by atoms with E-state index in [0.717, 1.165) is 12.8 Å². The van der Waals surface area contributed by atoms with Crippen molar-refractivity contribution in [2.75, 3.05) is 0 Å². The van der Waals surface area contributed by atoms with Gasteiger partial charge in [-0.25, -0.2) is 0 Å². The summed E-state index contributed by atoms with van der Waals surface area (Å²) in [5.74, 6) is -0.481. The van der Waals surface area contributed by atoms with E-state index >= 15 is 0 Å². The molecular formula is C13H12F3NO2. The molecular weight excluding hydrogens is 259 g/mol. The molecule has 2 rings (SSSR count). The lowest BCUT2D eigenvalue weighted by molar-refractivity contribution is -0.274. The Balaban J connectivity index is 1.90. The molecule has 0 heterocycles. The first-order valence-electron chi connectivity index (χ1n) is 5.77. The molecule has 1 aliphatic rings. The maximum Gasteiger partial charge on any atom is 0.573 e. The molecule has 1 aromatic rings. The molecule has 1 amide bonds. The minimum Gasteiger partial charge on any atom is -0.406 e. The van der Waals surface area contributed by atoms with Crippen LogP contribution >= 0.6 is 0 Å². The molecule has 19 heavy (non-hydrogen) atoms. The van der Waals surface area contributed by atoms with Crippen molar-refractivity contribution in [2.45, 2.75) is 25.2 Å². The predicted octanol–water partition coefficient (Wildman–Crippen LogP) is 2.88. The van der Waals surface area contributed by atoms with Crippen molar-refractivity contribution in [3.05, 3.63) is 35.9 Å². The maximum absolute atomic E-state index is 11.9. The number of nitrogens with one attached hydrogen (secondary N) is 1. The largest absolute Gasteiger partial charge is 0.573 e. The van der Waals surface area contributed by atoms with Gasteiger partial charge >= 0.3 is 6.36 Å². The summed E-state index contributed by atoms with van der Waals surface area (Å²) in [6.45, 7) is 0. The van der Waals surface area contributed by atoms with E-state index in [1.807, 2.05) is 0 Å². The monoisotopic (exact) mass is 271 g/mol. The van der Waals surface area contributed by atoms with Gasteiger partial charge in [-0.2, -0.15) is 0 Å². The molecule has 1 fully saturated rings. The summed E-state index contributed by atoms with van der Waals surface area (Å²) in [5.41, 5.74) is 0.625. The van der Waals surface area contributed by atoms with Crippen LogP contribution in [0.1, 0.15) is 18.4 Å². The maximum atomic E-state index is 11.9. The topological polar surface area (TPSA) is 38.3 Å². The number of carbonyl (C=O) groups is 1. The first-order valence-corrected chi connectivity index (χ1v) is 5.77. The van der Waals surface area contributed by atoms with Gasteiger partial charge in [0, 0.05) is 12.1 Å². The Hall–Kier alpha value is -1.98. The van der Waals surface area contributed by atoms with Crippen LogP contribution in [0.5, 0.6) is 5.75 Å². The first-order chi connectivity index (χ1) is 8.92. The van der Waals surface area contributed by atoms with Crippen LogP contribution in [0.15, 0.2) is 30.3 Å². The predicted molar refractivity (Wildman–Crippen MR) is 63.3 cm³/mol. The minimum atomic E-state index is -4.69. The highest BCUT2D eigenvalue weighted by Gasteiger charge is 2.30. The molecule has 1 saturated carbocycles. The van der Waals surface area contributed by atoms with E-state index < -0.39 is 6.36 Å². The van der Waals surface area contributed by atoms with Gasteiger partial charge in [-0.15, -0.1) is 13.2 Å². The first kappa shape index (κ1) is 13.5. The minimum absolute atomic E-state index is 0.196. The van der Waals surface area contributed by atoms with Gasteiger partial charge < -0.3 is 10.1 Å². The Bertz CT molecular complexity index is 476. The average Bonchev–Trinajstić information content (AvgIpc) is 3.10. The van der Waals surface area contributed by atoms with Crippen molar-refractivity contribution < 1.29 is 22.7 Å². The quantitative estimate of drug-likeness (QED) is 0.855. The third-order valence-electron chi connectivity index (χ3n) is 2.46. The third-order valence-corrected chi connectivity index (χ3v) is 2.46. The molecule has 0 radical (unpaired) electrons. The molecule has 0 atom stereocenters. The smallest absolute Gasteiger partial charge is 0.406 e. The van der Waals surface area contributed by atoms with Crippen LogP contribution in [0.2, 0.25) is 0 Å². The van der Waals surface area contributed by atoms with Crippen molar-refractivity contribution in [3.63, 3.8) is 0 Å². The van der Waals surface area contributed by atoms with Crippen LogP contribution in [-0.4, -0.2) is 18.3 Å². The number of alkyl halides is 3. The van der Waals surface area contributed by atoms with E-state index in [1.54, 1.807) is 0 Å². The van der Waals surface area contributed by atoms with E-state index in [0.29, 0.717) is 5.56 Å². The fourth-order valence-corrected chi connectivity index (χ4v) is 1.43. The van der Waals surface area contributed by atoms with Crippen molar-refractivity contribution >= 4 is 12.0 Å². The Morgan fingerprint density at radius 1 is 1.26 bits per heavy atom. The highest BCUT2D eigenvalue weighted by Crippen LogP contribution is 2.23. The molecule has 0 saturated heterocycles. The van der Waals surface area contributed by atoms with Gasteiger partial charge in [0.1, 0.15) is 5.75 Å². The lowest BCUT2D eigenvalue weighted by atomic mass is 10.2. The van der Waals surface area contributed by atoms with Gasteiger partial charge in [0.15, 0.2) is 0 Å². The second kappa shape index (κ2) is 5.34. The Morgan fingerprint density at radius 3 is 2.42 bits per heavy atom. The van der Waals surface area contributed by atoms with Gasteiger partial charge in [0.2, 0.25) is 5.91 Å². The Labute approximate surface area is 108 Å². The van der Waals surface area contributed by atoms with E-state index in [1.165, 1.54) is 36.4 Å². The van der Waals surface area contributed by atoms with Gasteiger partial charge in [-0.3, -0.25) is 4.79 Å². The second-order valence-electron chi connectivity index (χ2n) is 4.23. The fourth-order valence-electron chi connectivity index (χ4n) is 1.43. The van der Waals surface area contributed by atoms with Crippen molar-refractivity contribution in [3.8, 4) is 5.75 Å². The fraction of sp³-hybridized carbons (Fsp3) is 0.308. The summed E-state index contributed by atoms with van der Waals surface area (Å²) < 4.78 is 39.5. The van der Waals surface area contributed by atoms with Gasteiger partial charge in [0.05, 0.1) is 0 Å². The number of rotatable bonds is 4. The number of ether oxygens (including phenoxy) is 1. The molecule has 102 valence electrons. The zero-order chi connectivity index (χ0) is 13.9. The van der Waals surface area contributed by atoms with Crippen LogP contribution < -0.4 is 10.1 Å². The standard InChI is InChI=1S/C13H12F3NO2/c14-13(15,16)19-11-6-1-9(2-7-11)3-8-12(18)17-10-4-5-10/h1-3,6-8,10H,4-5H2,(H,17,18)/b8-3+.